The zero-order chi connectivity index (χ0) is 23.2. The van der Waals surface area contributed by atoms with Gasteiger partial charge in [-0.2, -0.15) is 5.26 Å². The summed E-state index contributed by atoms with van der Waals surface area (Å²) in [7, 11) is 0. The molecule has 7 heteroatoms. The number of hydrogen-bond acceptors (Lipinski definition) is 6. The molecule has 0 bridgehead atoms. The third-order valence-corrected chi connectivity index (χ3v) is 5.48. The standard InChI is InChI=1S/C26H23N5O2/c1-2-24(32)31-13-12-20(17-31)30-26-19(14-27)15-29-16-23(26)25(28)18-8-10-22(11-9-18)33-21-6-4-3-5-7-21/h2-11,15-16,20,28H,1,12-13,17H2,(H,29,30)/t20-/m1/s1. The Kier molecular flexibility index (Phi) is 6.46. The van der Waals surface area contributed by atoms with Crippen molar-refractivity contribution in [2.75, 3.05) is 18.4 Å². The number of likely N-dealkylation sites (tertiary alicyclic amines) is 1. The largest absolute Gasteiger partial charge is 0.457 e. The molecule has 1 aromatic heterocycles. The zero-order valence-corrected chi connectivity index (χ0v) is 18.0. The number of nitrogens with one attached hydrogen (secondary N) is 2. The maximum Gasteiger partial charge on any atom is 0.246 e. The molecule has 2 heterocycles. The lowest BCUT2D eigenvalue weighted by molar-refractivity contribution is -0.125. The number of aromatic nitrogens is 1. The Labute approximate surface area is 192 Å². The fraction of sp³-hybridized carbons (Fsp3) is 0.154. The monoisotopic (exact) mass is 437 g/mol. The van der Waals surface area contributed by atoms with E-state index in [2.05, 4.69) is 22.9 Å². The summed E-state index contributed by atoms with van der Waals surface area (Å²) in [6.45, 7) is 4.67. The van der Waals surface area contributed by atoms with Gasteiger partial charge in [0.1, 0.15) is 17.6 Å². The number of pyridine rings is 1. The van der Waals surface area contributed by atoms with Gasteiger partial charge in [-0.3, -0.25) is 15.2 Å². The number of ether oxygens (including phenoxy) is 1. The van der Waals surface area contributed by atoms with Crippen LogP contribution in [0, 0.1) is 16.7 Å². The highest BCUT2D eigenvalue weighted by Crippen LogP contribution is 2.27. The van der Waals surface area contributed by atoms with Crippen molar-refractivity contribution in [3.05, 3.63) is 96.3 Å². The number of carbonyl (C=O) groups is 1. The summed E-state index contributed by atoms with van der Waals surface area (Å²) in [4.78, 5) is 17.8. The summed E-state index contributed by atoms with van der Waals surface area (Å²) in [6, 6.07) is 18.8. The average Bonchev–Trinajstić information content (AvgIpc) is 3.33. The van der Waals surface area contributed by atoms with Gasteiger partial charge < -0.3 is 15.0 Å². The van der Waals surface area contributed by atoms with E-state index in [4.69, 9.17) is 10.1 Å². The molecule has 33 heavy (non-hydrogen) atoms. The summed E-state index contributed by atoms with van der Waals surface area (Å²) in [5.74, 6) is 1.29. The first kappa shape index (κ1) is 21.8. The topological polar surface area (TPSA) is 102 Å². The molecule has 1 aliphatic heterocycles. The molecule has 0 unspecified atom stereocenters. The van der Waals surface area contributed by atoms with E-state index in [1.807, 2.05) is 42.5 Å². The molecule has 1 fully saturated rings. The van der Waals surface area contributed by atoms with Crippen LogP contribution in [0.1, 0.15) is 23.1 Å². The van der Waals surface area contributed by atoms with E-state index in [-0.39, 0.29) is 17.7 Å². The maximum atomic E-state index is 11.9. The lowest BCUT2D eigenvalue weighted by Crippen LogP contribution is -2.30. The highest BCUT2D eigenvalue weighted by atomic mass is 16.5. The Morgan fingerprint density at radius 3 is 2.61 bits per heavy atom. The zero-order valence-electron chi connectivity index (χ0n) is 18.0. The predicted molar refractivity (Wildman–Crippen MR) is 127 cm³/mol. The quantitative estimate of drug-likeness (QED) is 0.422. The van der Waals surface area contributed by atoms with Crippen molar-refractivity contribution >= 4 is 17.3 Å². The van der Waals surface area contributed by atoms with Crippen molar-refractivity contribution in [3.8, 4) is 17.6 Å². The number of nitrogens with zero attached hydrogens (tertiary/aromatic N) is 3. The first-order valence-electron chi connectivity index (χ1n) is 10.6. The van der Waals surface area contributed by atoms with Crippen LogP contribution in [0.4, 0.5) is 5.69 Å². The van der Waals surface area contributed by atoms with Crippen molar-refractivity contribution in [2.45, 2.75) is 12.5 Å². The van der Waals surface area contributed by atoms with Crippen LogP contribution >= 0.6 is 0 Å². The minimum atomic E-state index is -0.111. The van der Waals surface area contributed by atoms with E-state index in [0.29, 0.717) is 41.2 Å². The SMILES string of the molecule is C=CC(=O)N1CC[C@@H](Nc2c(C#N)cncc2C(=N)c2ccc(Oc3ccccc3)cc2)C1. The number of anilines is 1. The third kappa shape index (κ3) is 4.91. The van der Waals surface area contributed by atoms with E-state index in [1.165, 1.54) is 12.3 Å². The number of carbonyl (C=O) groups excluding carboxylic acids is 1. The van der Waals surface area contributed by atoms with Crippen molar-refractivity contribution in [1.29, 1.82) is 10.7 Å². The molecule has 7 nitrogen and oxygen atoms in total. The summed E-state index contributed by atoms with van der Waals surface area (Å²) >= 11 is 0. The molecule has 1 saturated heterocycles. The first-order chi connectivity index (χ1) is 16.1. The lowest BCUT2D eigenvalue weighted by atomic mass is 10.00. The van der Waals surface area contributed by atoms with Crippen LogP contribution in [0.25, 0.3) is 0 Å². The molecule has 0 aliphatic carbocycles. The Bertz CT molecular complexity index is 1220. The summed E-state index contributed by atoms with van der Waals surface area (Å²) < 4.78 is 5.83. The molecule has 0 spiro atoms. The fourth-order valence-electron chi connectivity index (χ4n) is 3.77. The Balaban J connectivity index is 1.55. The van der Waals surface area contributed by atoms with Gasteiger partial charge in [0.05, 0.1) is 17.0 Å². The highest BCUT2D eigenvalue weighted by Gasteiger charge is 2.26. The molecule has 0 radical (unpaired) electrons. The van der Waals surface area contributed by atoms with E-state index in [1.54, 1.807) is 23.2 Å². The minimum absolute atomic E-state index is 0.0309. The lowest BCUT2D eigenvalue weighted by Gasteiger charge is -2.19. The number of rotatable bonds is 7. The van der Waals surface area contributed by atoms with Gasteiger partial charge in [-0.1, -0.05) is 24.8 Å². The molecule has 2 aromatic carbocycles. The third-order valence-electron chi connectivity index (χ3n) is 5.48. The summed E-state index contributed by atoms with van der Waals surface area (Å²) in [5, 5.41) is 21.8. The Morgan fingerprint density at radius 2 is 1.91 bits per heavy atom. The highest BCUT2D eigenvalue weighted by molar-refractivity contribution is 6.14. The van der Waals surface area contributed by atoms with Crippen molar-refractivity contribution in [1.82, 2.24) is 9.88 Å². The first-order valence-corrected chi connectivity index (χ1v) is 10.6. The Hall–Kier alpha value is -4.44. The smallest absolute Gasteiger partial charge is 0.246 e. The van der Waals surface area contributed by atoms with Crippen LogP contribution in [0.15, 0.2) is 79.6 Å². The molecular formula is C26H23N5O2. The van der Waals surface area contributed by atoms with Crippen LogP contribution in [-0.2, 0) is 4.79 Å². The van der Waals surface area contributed by atoms with Gasteiger partial charge in [0.15, 0.2) is 0 Å². The predicted octanol–water partition coefficient (Wildman–Crippen LogP) is 4.36. The molecular weight excluding hydrogens is 414 g/mol. The van der Waals surface area contributed by atoms with Gasteiger partial charge in [0, 0.05) is 42.7 Å². The molecule has 4 rings (SSSR count). The van der Waals surface area contributed by atoms with Crippen LogP contribution in [-0.4, -0.2) is 40.6 Å². The molecule has 1 amide bonds. The fourth-order valence-corrected chi connectivity index (χ4v) is 3.77. The Morgan fingerprint density at radius 1 is 1.18 bits per heavy atom. The van der Waals surface area contributed by atoms with Gasteiger partial charge in [0.2, 0.25) is 5.91 Å². The maximum absolute atomic E-state index is 11.9. The molecule has 1 atom stereocenters. The van der Waals surface area contributed by atoms with Gasteiger partial charge in [0.25, 0.3) is 0 Å². The van der Waals surface area contributed by atoms with Gasteiger partial charge >= 0.3 is 0 Å². The van der Waals surface area contributed by atoms with E-state index < -0.39 is 0 Å². The van der Waals surface area contributed by atoms with E-state index in [0.717, 1.165) is 12.2 Å². The molecule has 1 aliphatic rings. The second kappa shape index (κ2) is 9.79. The van der Waals surface area contributed by atoms with E-state index in [9.17, 15) is 10.1 Å². The molecule has 2 N–H and O–H groups in total. The van der Waals surface area contributed by atoms with Crippen LogP contribution < -0.4 is 10.1 Å². The van der Waals surface area contributed by atoms with Gasteiger partial charge in [-0.05, 0) is 48.9 Å². The van der Waals surface area contributed by atoms with Crippen LogP contribution in [0.2, 0.25) is 0 Å². The van der Waals surface area contributed by atoms with E-state index >= 15 is 0 Å². The number of para-hydroxylation sites is 1. The van der Waals surface area contributed by atoms with Crippen LogP contribution in [0.3, 0.4) is 0 Å². The minimum Gasteiger partial charge on any atom is -0.457 e. The average molecular weight is 438 g/mol. The normalized spacial score (nSPS) is 14.9. The van der Waals surface area contributed by atoms with Crippen molar-refractivity contribution < 1.29 is 9.53 Å². The molecule has 0 saturated carbocycles. The molecule has 3 aromatic rings. The second-order valence-corrected chi connectivity index (χ2v) is 7.65. The van der Waals surface area contributed by atoms with Gasteiger partial charge in [-0.15, -0.1) is 0 Å². The van der Waals surface area contributed by atoms with Crippen molar-refractivity contribution in [3.63, 3.8) is 0 Å². The van der Waals surface area contributed by atoms with Crippen LogP contribution in [0.5, 0.6) is 11.5 Å². The number of hydrogen-bond donors (Lipinski definition) is 2. The summed E-state index contributed by atoms with van der Waals surface area (Å²) in [5.41, 5.74) is 2.35. The summed E-state index contributed by atoms with van der Waals surface area (Å²) in [6.07, 6.45) is 5.12. The van der Waals surface area contributed by atoms with Gasteiger partial charge in [-0.25, -0.2) is 0 Å². The number of amides is 1. The van der Waals surface area contributed by atoms with Crippen molar-refractivity contribution in [2.24, 2.45) is 0 Å². The molecule has 164 valence electrons. The second-order valence-electron chi connectivity index (χ2n) is 7.65. The number of benzene rings is 2. The number of nitriles is 1.